The number of amides is 1. The van der Waals surface area contributed by atoms with Crippen LogP contribution in [-0.2, 0) is 16.2 Å². The number of carbonyl (C=O) groups excluding carboxylic acids is 1. The fourth-order valence-corrected chi connectivity index (χ4v) is 4.21. The number of benzene rings is 2. The first kappa shape index (κ1) is 22.1. The zero-order chi connectivity index (χ0) is 21.9. The summed E-state index contributed by atoms with van der Waals surface area (Å²) in [5, 5.41) is 7.84. The highest BCUT2D eigenvalue weighted by Gasteiger charge is 2.36. The maximum atomic E-state index is 13.2. The van der Waals surface area contributed by atoms with Crippen LogP contribution in [0.2, 0.25) is 0 Å². The van der Waals surface area contributed by atoms with Crippen molar-refractivity contribution >= 4 is 21.6 Å². The van der Waals surface area contributed by atoms with Crippen molar-refractivity contribution < 1.29 is 26.4 Å². The molecule has 162 valence electrons. The Morgan fingerprint density at radius 2 is 1.73 bits per heavy atom. The summed E-state index contributed by atoms with van der Waals surface area (Å²) in [5.74, 6) is 0.146. The van der Waals surface area contributed by atoms with Crippen molar-refractivity contribution in [2.75, 3.05) is 25.0 Å². The van der Waals surface area contributed by atoms with Crippen LogP contribution in [0.4, 0.5) is 18.9 Å². The lowest BCUT2D eigenvalue weighted by Gasteiger charge is -2.32. The predicted octanol–water partition coefficient (Wildman–Crippen LogP) is 3.32. The van der Waals surface area contributed by atoms with Crippen LogP contribution in [0.5, 0.6) is 0 Å². The fourth-order valence-electron chi connectivity index (χ4n) is 3.48. The minimum Gasteiger partial charge on any atom is -0.385 e. The van der Waals surface area contributed by atoms with E-state index >= 15 is 0 Å². The second-order valence-electron chi connectivity index (χ2n) is 7.24. The molecule has 0 aliphatic carbocycles. The average Bonchev–Trinajstić information content (AvgIpc) is 2.71. The third-order valence-electron chi connectivity index (χ3n) is 5.11. The number of likely N-dealkylation sites (tertiary alicyclic amines) is 1. The van der Waals surface area contributed by atoms with Crippen molar-refractivity contribution in [1.82, 2.24) is 4.90 Å². The van der Waals surface area contributed by atoms with Crippen LogP contribution >= 0.6 is 0 Å². The van der Waals surface area contributed by atoms with Gasteiger partial charge in [-0.05, 0) is 49.1 Å². The lowest BCUT2D eigenvalue weighted by molar-refractivity contribution is -0.139. The van der Waals surface area contributed by atoms with E-state index < -0.39 is 26.7 Å². The van der Waals surface area contributed by atoms with E-state index in [0.29, 0.717) is 38.0 Å². The van der Waals surface area contributed by atoms with Gasteiger partial charge < -0.3 is 10.2 Å². The number of anilines is 1. The quantitative estimate of drug-likeness (QED) is 0.745. The first-order chi connectivity index (χ1) is 14.1. The minimum absolute atomic E-state index is 0.0320. The minimum atomic E-state index is -4.84. The topological polar surface area (TPSA) is 92.5 Å². The lowest BCUT2D eigenvalue weighted by Crippen LogP contribution is -2.39. The number of primary sulfonamides is 1. The van der Waals surface area contributed by atoms with E-state index in [2.05, 4.69) is 5.32 Å². The highest BCUT2D eigenvalue weighted by atomic mass is 32.2. The summed E-state index contributed by atoms with van der Waals surface area (Å²) in [5.41, 5.74) is -0.500. The molecule has 3 rings (SSSR count). The molecule has 6 nitrogen and oxygen atoms in total. The molecular weight excluding hydrogens is 419 g/mol. The van der Waals surface area contributed by atoms with Crippen molar-refractivity contribution in [1.29, 1.82) is 0 Å². The van der Waals surface area contributed by atoms with Gasteiger partial charge in [-0.2, -0.15) is 13.2 Å². The number of halogens is 3. The molecule has 2 aromatic rings. The molecule has 0 spiro atoms. The number of piperidine rings is 1. The molecule has 1 aliphatic heterocycles. The largest absolute Gasteiger partial charge is 0.417 e. The highest BCUT2D eigenvalue weighted by molar-refractivity contribution is 7.89. The van der Waals surface area contributed by atoms with E-state index in [1.54, 1.807) is 29.2 Å². The molecule has 1 aliphatic rings. The normalized spacial score (nSPS) is 15.8. The molecule has 30 heavy (non-hydrogen) atoms. The van der Waals surface area contributed by atoms with Crippen LogP contribution in [0.1, 0.15) is 28.8 Å². The van der Waals surface area contributed by atoms with Crippen LogP contribution in [0, 0.1) is 5.92 Å². The van der Waals surface area contributed by atoms with E-state index in [0.717, 1.165) is 12.1 Å². The molecule has 0 atom stereocenters. The third kappa shape index (κ3) is 5.31. The van der Waals surface area contributed by atoms with E-state index in [1.807, 2.05) is 6.07 Å². The number of nitrogens with one attached hydrogen (secondary N) is 1. The van der Waals surface area contributed by atoms with E-state index in [1.165, 1.54) is 6.07 Å². The number of hydrogen-bond donors (Lipinski definition) is 2. The Balaban J connectivity index is 1.60. The number of nitrogens with zero attached hydrogens (tertiary/aromatic N) is 1. The van der Waals surface area contributed by atoms with Crippen molar-refractivity contribution in [2.24, 2.45) is 11.1 Å². The van der Waals surface area contributed by atoms with E-state index in [-0.39, 0.29) is 17.5 Å². The second-order valence-corrected chi connectivity index (χ2v) is 8.77. The van der Waals surface area contributed by atoms with Gasteiger partial charge >= 0.3 is 6.18 Å². The zero-order valence-electron chi connectivity index (χ0n) is 16.0. The summed E-state index contributed by atoms with van der Waals surface area (Å²) in [7, 11) is -4.49. The Morgan fingerprint density at radius 3 is 2.30 bits per heavy atom. The van der Waals surface area contributed by atoms with Crippen molar-refractivity contribution in [2.45, 2.75) is 23.9 Å². The first-order valence-electron chi connectivity index (χ1n) is 9.38. The van der Waals surface area contributed by atoms with Gasteiger partial charge in [0.1, 0.15) is 0 Å². The average molecular weight is 441 g/mol. The molecule has 1 heterocycles. The summed E-state index contributed by atoms with van der Waals surface area (Å²) in [4.78, 5) is 13.3. The van der Waals surface area contributed by atoms with Gasteiger partial charge in [0.05, 0.1) is 10.5 Å². The molecule has 3 N–H and O–H groups in total. The van der Waals surface area contributed by atoms with Gasteiger partial charge in [-0.1, -0.05) is 18.2 Å². The second kappa shape index (κ2) is 8.65. The molecule has 2 aromatic carbocycles. The molecule has 0 saturated carbocycles. The van der Waals surface area contributed by atoms with E-state index in [4.69, 9.17) is 5.14 Å². The van der Waals surface area contributed by atoms with Gasteiger partial charge in [-0.25, -0.2) is 13.6 Å². The Hall–Kier alpha value is -2.59. The van der Waals surface area contributed by atoms with E-state index in [9.17, 15) is 26.4 Å². The van der Waals surface area contributed by atoms with Gasteiger partial charge in [-0.15, -0.1) is 0 Å². The molecular formula is C20H22F3N3O3S. The van der Waals surface area contributed by atoms with Crippen LogP contribution in [-0.4, -0.2) is 38.9 Å². The number of rotatable bonds is 5. The zero-order valence-corrected chi connectivity index (χ0v) is 16.8. The van der Waals surface area contributed by atoms with Gasteiger partial charge in [0.2, 0.25) is 10.0 Å². The molecule has 0 bridgehead atoms. The smallest absolute Gasteiger partial charge is 0.385 e. The third-order valence-corrected chi connectivity index (χ3v) is 6.08. The number of carbonyl (C=O) groups is 1. The molecule has 1 saturated heterocycles. The van der Waals surface area contributed by atoms with Gasteiger partial charge in [-0.3, -0.25) is 4.79 Å². The predicted molar refractivity (Wildman–Crippen MR) is 106 cm³/mol. The van der Waals surface area contributed by atoms with Crippen molar-refractivity contribution in [3.8, 4) is 0 Å². The number of sulfonamides is 1. The van der Waals surface area contributed by atoms with Crippen LogP contribution in [0.3, 0.4) is 0 Å². The number of alkyl halides is 3. The van der Waals surface area contributed by atoms with Crippen LogP contribution in [0.15, 0.2) is 53.4 Å². The fraction of sp³-hybridized carbons (Fsp3) is 0.350. The van der Waals surface area contributed by atoms with Crippen LogP contribution in [0.25, 0.3) is 0 Å². The summed E-state index contributed by atoms with van der Waals surface area (Å²) in [6.07, 6.45) is -3.41. The van der Waals surface area contributed by atoms with Gasteiger partial charge in [0.25, 0.3) is 5.91 Å². The Kier molecular flexibility index (Phi) is 6.37. The molecule has 1 amide bonds. The Labute approximate surface area is 172 Å². The molecule has 0 aromatic heterocycles. The Morgan fingerprint density at radius 1 is 1.10 bits per heavy atom. The maximum absolute atomic E-state index is 13.2. The summed E-state index contributed by atoms with van der Waals surface area (Å²) in [6, 6.07) is 11.9. The highest BCUT2D eigenvalue weighted by Crippen LogP contribution is 2.35. The van der Waals surface area contributed by atoms with Gasteiger partial charge in [0.15, 0.2) is 0 Å². The van der Waals surface area contributed by atoms with Gasteiger partial charge in [0, 0.05) is 30.9 Å². The standard InChI is InChI=1S/C20H22F3N3O3S/c21-20(22,23)17-12-16(6-7-18(17)30(24,28)29)25-13-14-8-10-26(11-9-14)19(27)15-4-2-1-3-5-15/h1-7,12,14,25H,8-11,13H2,(H2,24,28,29). The number of nitrogens with two attached hydrogens (primary N) is 1. The molecule has 0 radical (unpaired) electrons. The molecule has 10 heteroatoms. The van der Waals surface area contributed by atoms with Crippen molar-refractivity contribution in [3.05, 3.63) is 59.7 Å². The molecule has 0 unspecified atom stereocenters. The summed E-state index contributed by atoms with van der Waals surface area (Å²) >= 11 is 0. The SMILES string of the molecule is NS(=O)(=O)c1ccc(NCC2CCN(C(=O)c3ccccc3)CC2)cc1C(F)(F)F. The first-order valence-corrected chi connectivity index (χ1v) is 10.9. The number of hydrogen-bond acceptors (Lipinski definition) is 4. The maximum Gasteiger partial charge on any atom is 0.417 e. The monoisotopic (exact) mass is 441 g/mol. The van der Waals surface area contributed by atoms with Crippen molar-refractivity contribution in [3.63, 3.8) is 0 Å². The Bertz CT molecular complexity index is 1000. The van der Waals surface area contributed by atoms with Crippen LogP contribution < -0.4 is 10.5 Å². The molecule has 1 fully saturated rings. The lowest BCUT2D eigenvalue weighted by atomic mass is 9.96. The summed E-state index contributed by atoms with van der Waals surface area (Å²) in [6.45, 7) is 1.55. The summed E-state index contributed by atoms with van der Waals surface area (Å²) < 4.78 is 62.5.